The lowest BCUT2D eigenvalue weighted by Gasteiger charge is -2.25. The van der Waals surface area contributed by atoms with E-state index in [4.69, 9.17) is 4.74 Å². The van der Waals surface area contributed by atoms with Crippen LogP contribution in [0.4, 0.5) is 4.79 Å². The normalized spacial score (nSPS) is 20.6. The van der Waals surface area contributed by atoms with Crippen molar-refractivity contribution < 1.29 is 9.53 Å². The molecule has 0 aliphatic carbocycles. The Hall–Kier alpha value is -1.55. The van der Waals surface area contributed by atoms with Gasteiger partial charge in [0.1, 0.15) is 5.60 Å². The minimum atomic E-state index is -0.446. The molecule has 1 aromatic rings. The number of alkyl carbamates (subject to hydrolysis) is 1. The van der Waals surface area contributed by atoms with Crippen LogP contribution in [0.5, 0.6) is 0 Å². The van der Waals surface area contributed by atoms with Gasteiger partial charge in [0.15, 0.2) is 0 Å². The second-order valence-corrected chi connectivity index (χ2v) is 7.20. The molecule has 1 heterocycles. The van der Waals surface area contributed by atoms with Gasteiger partial charge in [-0.25, -0.2) is 4.79 Å². The first-order chi connectivity index (χ1) is 10.3. The highest BCUT2D eigenvalue weighted by atomic mass is 16.6. The summed E-state index contributed by atoms with van der Waals surface area (Å²) in [5, 5.41) is 2.97. The van der Waals surface area contributed by atoms with Gasteiger partial charge in [-0.3, -0.25) is 4.90 Å². The zero-order valence-corrected chi connectivity index (χ0v) is 14.1. The van der Waals surface area contributed by atoms with E-state index in [9.17, 15) is 4.79 Å². The summed E-state index contributed by atoms with van der Waals surface area (Å²) in [6, 6.07) is 10.7. The molecule has 2 unspecified atom stereocenters. The van der Waals surface area contributed by atoms with Gasteiger partial charge >= 0.3 is 6.09 Å². The van der Waals surface area contributed by atoms with Gasteiger partial charge in [0.05, 0.1) is 0 Å². The lowest BCUT2D eigenvalue weighted by molar-refractivity contribution is 0.0492. The van der Waals surface area contributed by atoms with E-state index < -0.39 is 5.60 Å². The van der Waals surface area contributed by atoms with Crippen LogP contribution in [0.15, 0.2) is 30.3 Å². The fraction of sp³-hybridized carbons (Fsp3) is 0.611. The Labute approximate surface area is 133 Å². The number of nitrogens with zero attached hydrogens (tertiary/aromatic N) is 1. The molecule has 1 aromatic carbocycles. The average Bonchev–Trinajstić information content (AvgIpc) is 2.86. The number of hydrogen-bond donors (Lipinski definition) is 1. The van der Waals surface area contributed by atoms with Crippen molar-refractivity contribution in [1.82, 2.24) is 10.2 Å². The highest BCUT2D eigenvalue weighted by Gasteiger charge is 2.29. The average molecular weight is 304 g/mol. The quantitative estimate of drug-likeness (QED) is 0.926. The second kappa shape index (κ2) is 7.14. The monoisotopic (exact) mass is 304 g/mol. The van der Waals surface area contributed by atoms with E-state index in [0.29, 0.717) is 5.92 Å². The van der Waals surface area contributed by atoms with Gasteiger partial charge in [0.25, 0.3) is 0 Å². The molecule has 1 fully saturated rings. The van der Waals surface area contributed by atoms with Gasteiger partial charge in [0.2, 0.25) is 0 Å². The van der Waals surface area contributed by atoms with Crippen LogP contribution in [-0.2, 0) is 11.3 Å². The molecule has 2 rings (SSSR count). The lowest BCUT2D eigenvalue weighted by atomic mass is 10.0. The molecule has 4 nitrogen and oxygen atoms in total. The van der Waals surface area contributed by atoms with Crippen LogP contribution in [-0.4, -0.2) is 35.7 Å². The summed E-state index contributed by atoms with van der Waals surface area (Å²) in [6.07, 6.45) is 0.797. The first kappa shape index (κ1) is 16.8. The number of carbonyl (C=O) groups excluding carboxylic acids is 1. The molecule has 2 atom stereocenters. The van der Waals surface area contributed by atoms with Crippen LogP contribution in [0.3, 0.4) is 0 Å². The van der Waals surface area contributed by atoms with Crippen molar-refractivity contribution in [2.45, 2.75) is 52.3 Å². The van der Waals surface area contributed by atoms with Crippen LogP contribution in [0, 0.1) is 5.92 Å². The van der Waals surface area contributed by atoms with Crippen LogP contribution in [0.2, 0.25) is 0 Å². The van der Waals surface area contributed by atoms with E-state index in [1.807, 2.05) is 26.8 Å². The molecule has 1 aliphatic rings. The van der Waals surface area contributed by atoms with Crippen LogP contribution < -0.4 is 5.32 Å². The Morgan fingerprint density at radius 2 is 2.05 bits per heavy atom. The van der Waals surface area contributed by atoms with Crippen molar-refractivity contribution >= 4 is 6.09 Å². The molecule has 1 amide bonds. The molecular formula is C18H28N2O2. The lowest BCUT2D eigenvalue weighted by Crippen LogP contribution is -2.42. The number of ether oxygens (including phenoxy) is 1. The summed E-state index contributed by atoms with van der Waals surface area (Å²) < 4.78 is 5.33. The number of carbonyl (C=O) groups is 1. The van der Waals surface area contributed by atoms with Crippen molar-refractivity contribution in [3.63, 3.8) is 0 Å². The first-order valence-corrected chi connectivity index (χ1v) is 8.09. The molecule has 0 radical (unpaired) electrons. The van der Waals surface area contributed by atoms with Crippen molar-refractivity contribution in [3.05, 3.63) is 35.9 Å². The third-order valence-electron chi connectivity index (χ3n) is 4.01. The maximum atomic E-state index is 11.9. The molecule has 0 saturated carbocycles. The molecule has 1 saturated heterocycles. The Morgan fingerprint density at radius 3 is 2.68 bits per heavy atom. The zero-order valence-electron chi connectivity index (χ0n) is 14.1. The van der Waals surface area contributed by atoms with E-state index >= 15 is 0 Å². The third kappa shape index (κ3) is 5.34. The molecule has 0 spiro atoms. The second-order valence-electron chi connectivity index (χ2n) is 7.20. The maximum Gasteiger partial charge on any atom is 0.407 e. The third-order valence-corrected chi connectivity index (χ3v) is 4.01. The number of rotatable bonds is 4. The SMILES string of the molecule is CC(NC(=O)OC(C)(C)C)C1CCN(Cc2ccccc2)C1. The topological polar surface area (TPSA) is 41.6 Å². The summed E-state index contributed by atoms with van der Waals surface area (Å²) in [5.74, 6) is 0.483. The molecule has 4 heteroatoms. The number of benzene rings is 1. The van der Waals surface area contributed by atoms with E-state index in [1.165, 1.54) is 5.56 Å². The predicted octanol–water partition coefficient (Wildman–Crippen LogP) is 3.42. The molecule has 122 valence electrons. The summed E-state index contributed by atoms with van der Waals surface area (Å²) in [6.45, 7) is 10.8. The zero-order chi connectivity index (χ0) is 16.2. The van der Waals surface area contributed by atoms with Gasteiger partial charge in [-0.05, 0) is 52.1 Å². The highest BCUT2D eigenvalue weighted by molar-refractivity contribution is 5.68. The van der Waals surface area contributed by atoms with E-state index in [0.717, 1.165) is 26.1 Å². The number of amides is 1. The summed E-state index contributed by atoms with van der Waals surface area (Å²) in [7, 11) is 0. The molecular weight excluding hydrogens is 276 g/mol. The number of likely N-dealkylation sites (tertiary alicyclic amines) is 1. The Bertz CT molecular complexity index is 482. The van der Waals surface area contributed by atoms with Gasteiger partial charge < -0.3 is 10.1 Å². The molecule has 0 aromatic heterocycles. The van der Waals surface area contributed by atoms with E-state index in [2.05, 4.69) is 41.4 Å². The largest absolute Gasteiger partial charge is 0.444 e. The van der Waals surface area contributed by atoms with Gasteiger partial charge in [0, 0.05) is 19.1 Å². The Balaban J connectivity index is 1.78. The van der Waals surface area contributed by atoms with Crippen LogP contribution >= 0.6 is 0 Å². The molecule has 1 N–H and O–H groups in total. The van der Waals surface area contributed by atoms with Crippen molar-refractivity contribution in [2.24, 2.45) is 5.92 Å². The van der Waals surface area contributed by atoms with Crippen LogP contribution in [0.1, 0.15) is 39.7 Å². The van der Waals surface area contributed by atoms with E-state index in [-0.39, 0.29) is 12.1 Å². The van der Waals surface area contributed by atoms with Gasteiger partial charge in [-0.2, -0.15) is 0 Å². The summed E-state index contributed by atoms with van der Waals surface area (Å²) >= 11 is 0. The Morgan fingerprint density at radius 1 is 1.36 bits per heavy atom. The van der Waals surface area contributed by atoms with E-state index in [1.54, 1.807) is 0 Å². The maximum absolute atomic E-state index is 11.9. The van der Waals surface area contributed by atoms with Crippen LogP contribution in [0.25, 0.3) is 0 Å². The minimum absolute atomic E-state index is 0.135. The number of hydrogen-bond acceptors (Lipinski definition) is 3. The highest BCUT2D eigenvalue weighted by Crippen LogP contribution is 2.22. The Kier molecular flexibility index (Phi) is 5.46. The smallest absolute Gasteiger partial charge is 0.407 e. The summed E-state index contributed by atoms with van der Waals surface area (Å²) in [5.41, 5.74) is 0.898. The summed E-state index contributed by atoms with van der Waals surface area (Å²) in [4.78, 5) is 14.3. The van der Waals surface area contributed by atoms with Crippen molar-refractivity contribution in [2.75, 3.05) is 13.1 Å². The standard InChI is InChI=1S/C18H28N2O2/c1-14(19-17(21)22-18(2,3)4)16-10-11-20(13-16)12-15-8-6-5-7-9-15/h5-9,14,16H,10-13H2,1-4H3,(H,19,21). The molecule has 1 aliphatic heterocycles. The fourth-order valence-corrected chi connectivity index (χ4v) is 2.87. The first-order valence-electron chi connectivity index (χ1n) is 8.09. The number of nitrogens with one attached hydrogen (secondary N) is 1. The fourth-order valence-electron chi connectivity index (χ4n) is 2.87. The minimum Gasteiger partial charge on any atom is -0.444 e. The van der Waals surface area contributed by atoms with Gasteiger partial charge in [-0.15, -0.1) is 0 Å². The molecule has 0 bridgehead atoms. The molecule has 22 heavy (non-hydrogen) atoms. The predicted molar refractivity (Wildman–Crippen MR) is 88.7 cm³/mol. The van der Waals surface area contributed by atoms with Crippen molar-refractivity contribution in [1.29, 1.82) is 0 Å². The van der Waals surface area contributed by atoms with Gasteiger partial charge in [-0.1, -0.05) is 30.3 Å². The van der Waals surface area contributed by atoms with Crippen molar-refractivity contribution in [3.8, 4) is 0 Å².